The van der Waals surface area contributed by atoms with Crippen LogP contribution >= 0.6 is 11.3 Å². The van der Waals surface area contributed by atoms with Gasteiger partial charge in [0.05, 0.1) is 38.6 Å². The number of ether oxygens (including phenoxy) is 1. The fourth-order valence-electron chi connectivity index (χ4n) is 8.49. The second kappa shape index (κ2) is 19.3. The number of nitrogens with one attached hydrogen (secondary N) is 3. The van der Waals surface area contributed by atoms with Gasteiger partial charge in [0.1, 0.15) is 17.7 Å². The Bertz CT molecular complexity index is 2580. The van der Waals surface area contributed by atoms with Gasteiger partial charge in [0.2, 0.25) is 27.8 Å². The van der Waals surface area contributed by atoms with E-state index in [2.05, 4.69) is 30.1 Å². The second-order valence-electron chi connectivity index (χ2n) is 18.0. The molecular weight excluding hydrogens is 854 g/mol. The van der Waals surface area contributed by atoms with E-state index in [1.165, 1.54) is 17.4 Å². The number of piperidine rings is 2. The molecule has 3 N–H and O–H groups in total. The van der Waals surface area contributed by atoms with Crippen molar-refractivity contribution < 1.29 is 27.1 Å². The van der Waals surface area contributed by atoms with Crippen LogP contribution in [0.2, 0.25) is 0 Å². The Morgan fingerprint density at radius 1 is 0.969 bits per heavy atom. The number of thiazole rings is 1. The van der Waals surface area contributed by atoms with Gasteiger partial charge in [-0.15, -0.1) is 11.3 Å². The molecule has 2 atom stereocenters. The van der Waals surface area contributed by atoms with Crippen LogP contribution in [0.25, 0.3) is 21.8 Å². The first-order chi connectivity index (χ1) is 30.7. The van der Waals surface area contributed by atoms with Gasteiger partial charge in [-0.1, -0.05) is 45.9 Å². The van der Waals surface area contributed by atoms with Crippen LogP contribution in [-0.4, -0.2) is 89.6 Å². The largest absolute Gasteiger partial charge is 0.490 e. The van der Waals surface area contributed by atoms with Crippen LogP contribution < -0.4 is 25.0 Å². The molecule has 0 spiro atoms. The zero-order chi connectivity index (χ0) is 45.0. The van der Waals surface area contributed by atoms with E-state index in [-0.39, 0.29) is 46.3 Å². The van der Waals surface area contributed by atoms with E-state index in [4.69, 9.17) is 19.7 Å². The summed E-state index contributed by atoms with van der Waals surface area (Å²) in [4.78, 5) is 48.3. The van der Waals surface area contributed by atoms with Gasteiger partial charge in [0.25, 0.3) is 0 Å². The van der Waals surface area contributed by atoms with Crippen LogP contribution in [0.5, 0.6) is 5.75 Å². The molecule has 2 aromatic carbocycles. The van der Waals surface area contributed by atoms with Crippen molar-refractivity contribution in [3.8, 4) is 27.6 Å². The Kier molecular flexibility index (Phi) is 13.6. The summed E-state index contributed by atoms with van der Waals surface area (Å²) in [5, 5.41) is 6.54. The molecule has 3 aliphatic rings. The predicted octanol–water partition coefficient (Wildman–Crippen LogP) is 8.27. The number of aromatic nitrogens is 4. The minimum absolute atomic E-state index is 0.102. The van der Waals surface area contributed by atoms with Gasteiger partial charge >= 0.3 is 0 Å². The number of carbonyl (C=O) groups is 2. The molecule has 3 fully saturated rings. The summed E-state index contributed by atoms with van der Waals surface area (Å²) in [5.74, 6) is 1.06. The zero-order valence-electron chi connectivity index (χ0n) is 36.8. The molecular formula is C47H56FN9O5S2. The van der Waals surface area contributed by atoms with Crippen molar-refractivity contribution in [1.82, 2.24) is 30.2 Å². The second-order valence-corrected chi connectivity index (χ2v) is 20.8. The zero-order valence-corrected chi connectivity index (χ0v) is 38.4. The van der Waals surface area contributed by atoms with Crippen LogP contribution in [0, 0.1) is 11.7 Å². The van der Waals surface area contributed by atoms with E-state index in [0.29, 0.717) is 47.4 Å². The highest BCUT2D eigenvalue weighted by Crippen LogP contribution is 2.42. The highest BCUT2D eigenvalue weighted by Gasteiger charge is 2.31. The highest BCUT2D eigenvalue weighted by atomic mass is 32.2. The summed E-state index contributed by atoms with van der Waals surface area (Å²) in [5.41, 5.74) is 2.26. The molecule has 0 saturated carbocycles. The van der Waals surface area contributed by atoms with Gasteiger partial charge in [-0.25, -0.2) is 32.7 Å². The summed E-state index contributed by atoms with van der Waals surface area (Å²) < 4.78 is 50.1. The van der Waals surface area contributed by atoms with E-state index >= 15 is 4.39 Å². The van der Waals surface area contributed by atoms with Crippen LogP contribution in [0.3, 0.4) is 0 Å². The van der Waals surface area contributed by atoms with Crippen molar-refractivity contribution in [3.05, 3.63) is 89.4 Å². The first-order valence-corrected chi connectivity index (χ1v) is 24.6. The van der Waals surface area contributed by atoms with Crippen LogP contribution in [0.4, 0.5) is 27.5 Å². The number of anilines is 4. The summed E-state index contributed by atoms with van der Waals surface area (Å²) in [7, 11) is -3.72. The fourth-order valence-corrected chi connectivity index (χ4v) is 10.7. The van der Waals surface area contributed by atoms with E-state index < -0.39 is 15.8 Å². The van der Waals surface area contributed by atoms with Crippen LogP contribution in [0.15, 0.2) is 73.1 Å². The topological polar surface area (TPSA) is 172 Å². The van der Waals surface area contributed by atoms with E-state index in [9.17, 15) is 18.0 Å². The number of sulfonamides is 1. The van der Waals surface area contributed by atoms with Gasteiger partial charge in [-0.2, -0.15) is 0 Å². The smallest absolute Gasteiger partial charge is 0.234 e. The molecule has 0 radical (unpaired) electrons. The molecule has 3 aliphatic heterocycles. The lowest BCUT2D eigenvalue weighted by molar-refractivity contribution is -0.134. The Balaban J connectivity index is 0.848. The van der Waals surface area contributed by atoms with Crippen molar-refractivity contribution in [2.75, 3.05) is 53.4 Å². The molecule has 0 bridgehead atoms. The van der Waals surface area contributed by atoms with Crippen LogP contribution in [-0.2, 0) is 25.0 Å². The lowest BCUT2D eigenvalue weighted by Crippen LogP contribution is -2.39. The average molecular weight is 910 g/mol. The highest BCUT2D eigenvalue weighted by molar-refractivity contribution is 7.92. The molecule has 3 aromatic heterocycles. The minimum Gasteiger partial charge on any atom is -0.490 e. The van der Waals surface area contributed by atoms with E-state index in [0.717, 1.165) is 86.2 Å². The number of rotatable bonds is 15. The summed E-state index contributed by atoms with van der Waals surface area (Å²) >= 11 is 1.42. The molecule has 8 rings (SSSR count). The van der Waals surface area contributed by atoms with E-state index in [1.54, 1.807) is 37.5 Å². The first kappa shape index (κ1) is 45.1. The molecule has 14 nitrogen and oxygen atoms in total. The molecule has 2 amide bonds. The fraction of sp³-hybridized carbons (Fsp3) is 0.447. The van der Waals surface area contributed by atoms with Crippen molar-refractivity contribution in [3.63, 3.8) is 0 Å². The molecule has 0 aliphatic carbocycles. The third kappa shape index (κ3) is 10.9. The number of likely N-dealkylation sites (tertiary alicyclic amines) is 1. The van der Waals surface area contributed by atoms with E-state index in [1.807, 2.05) is 57.2 Å². The maximum absolute atomic E-state index is 16.1. The quantitative estimate of drug-likeness (QED) is 0.0861. The predicted molar refractivity (Wildman–Crippen MR) is 249 cm³/mol. The lowest BCUT2D eigenvalue weighted by atomic mass is 9.92. The van der Waals surface area contributed by atoms with Crippen molar-refractivity contribution in [2.24, 2.45) is 5.92 Å². The Morgan fingerprint density at radius 3 is 2.53 bits per heavy atom. The summed E-state index contributed by atoms with van der Waals surface area (Å²) in [6.07, 6.45) is 8.95. The number of imide groups is 1. The minimum atomic E-state index is -3.72. The molecule has 3 saturated heterocycles. The molecule has 1 unspecified atom stereocenters. The van der Waals surface area contributed by atoms with Gasteiger partial charge in [-0.3, -0.25) is 19.6 Å². The number of benzene rings is 2. The SMILES string of the molecule is CCCS(=O)(=O)Nc1cccc(-c2nc(C(C)(C)C)sc2-c2ccnc(Nc3cccc(OC4CCN(CC[C@@H]5CCN(c6ccc(C7CCC(=O)NC7=O)cn6)C5)CC4)c3)n2)c1F. The Morgan fingerprint density at radius 2 is 1.78 bits per heavy atom. The number of nitrogens with zero attached hydrogens (tertiary/aromatic N) is 6. The van der Waals surface area contributed by atoms with Gasteiger partial charge < -0.3 is 19.9 Å². The third-order valence-corrected chi connectivity index (χ3v) is 14.9. The standard InChI is InChI=1S/C47H56FN9O5S2/c1-5-26-64(60,61)55-37-11-7-10-36(41(37)48)42-43(63-45(54-42)47(2,3)4)38-16-21-49-46(52-38)51-32-8-6-9-34(27-32)62-33-19-23-56(24-20-33)22-17-30-18-25-57(29-30)39-14-12-31(28-50-39)35-13-15-40(58)53-44(35)59/h6-12,14,16,21,27-28,30,33,35,55H,5,13,15,17-20,22-26,29H2,1-4H3,(H,49,51,52)(H,53,58,59)/t30-,35?/m1/s1. The maximum Gasteiger partial charge on any atom is 0.234 e. The summed E-state index contributed by atoms with van der Waals surface area (Å²) in [6, 6.07) is 18.2. The number of hydrogen-bond acceptors (Lipinski definition) is 13. The van der Waals surface area contributed by atoms with Gasteiger partial charge in [0.15, 0.2) is 5.82 Å². The molecule has 64 heavy (non-hydrogen) atoms. The molecule has 17 heteroatoms. The monoisotopic (exact) mass is 909 g/mol. The lowest BCUT2D eigenvalue weighted by Gasteiger charge is -2.32. The van der Waals surface area contributed by atoms with Crippen molar-refractivity contribution in [2.45, 2.75) is 90.1 Å². The number of hydrogen-bond donors (Lipinski definition) is 3. The van der Waals surface area contributed by atoms with Gasteiger partial charge in [-0.05, 0) is 92.9 Å². The molecule has 5 aromatic rings. The number of carbonyl (C=O) groups excluding carboxylic acids is 2. The van der Waals surface area contributed by atoms with Crippen molar-refractivity contribution in [1.29, 1.82) is 0 Å². The molecule has 338 valence electrons. The Hall–Kier alpha value is -5.52. The normalized spacial score (nSPS) is 18.9. The average Bonchev–Trinajstić information content (AvgIpc) is 3.94. The number of pyridine rings is 1. The third-order valence-electron chi connectivity index (χ3n) is 12.0. The van der Waals surface area contributed by atoms with Gasteiger partial charge in [0, 0.05) is 67.7 Å². The number of halogens is 1. The maximum atomic E-state index is 16.1. The molecule has 6 heterocycles. The number of amides is 2. The summed E-state index contributed by atoms with van der Waals surface area (Å²) in [6.45, 7) is 12.8. The first-order valence-electron chi connectivity index (χ1n) is 22.2. The van der Waals surface area contributed by atoms with Crippen LogP contribution in [0.1, 0.15) is 89.1 Å². The Labute approximate surface area is 378 Å². The van der Waals surface area contributed by atoms with Crippen molar-refractivity contribution >= 4 is 56.3 Å².